The van der Waals surface area contributed by atoms with Crippen molar-refractivity contribution in [3.63, 3.8) is 0 Å². The Labute approximate surface area is 173 Å². The number of alkyl halides is 3. The molecular formula is C22H26F3N3O2. The van der Waals surface area contributed by atoms with Crippen molar-refractivity contribution in [2.75, 3.05) is 13.1 Å². The Bertz CT molecular complexity index is 898. The van der Waals surface area contributed by atoms with Gasteiger partial charge in [0, 0.05) is 17.3 Å². The number of hydrogen-bond donors (Lipinski definition) is 0. The van der Waals surface area contributed by atoms with Crippen LogP contribution in [0.25, 0.3) is 5.69 Å². The molecule has 1 aliphatic heterocycles. The molecule has 1 saturated heterocycles. The molecule has 0 spiro atoms. The first kappa shape index (κ1) is 20.9. The zero-order valence-corrected chi connectivity index (χ0v) is 17.2. The van der Waals surface area contributed by atoms with Crippen LogP contribution in [-0.2, 0) is 9.53 Å². The lowest BCUT2D eigenvalue weighted by Crippen LogP contribution is -2.39. The number of likely N-dealkylation sites (tertiary alicyclic amines) is 1. The molecule has 2 aromatic rings. The summed E-state index contributed by atoms with van der Waals surface area (Å²) < 4.78 is 48.5. The summed E-state index contributed by atoms with van der Waals surface area (Å²) >= 11 is 0. The van der Waals surface area contributed by atoms with Crippen LogP contribution < -0.4 is 0 Å². The minimum atomic E-state index is -4.72. The van der Waals surface area contributed by atoms with Crippen molar-refractivity contribution < 1.29 is 22.7 Å². The predicted molar refractivity (Wildman–Crippen MR) is 105 cm³/mol. The van der Waals surface area contributed by atoms with Crippen molar-refractivity contribution >= 4 is 5.97 Å². The number of hydrogen-bond acceptors (Lipinski definition) is 4. The van der Waals surface area contributed by atoms with Crippen molar-refractivity contribution in [1.29, 1.82) is 0 Å². The van der Waals surface area contributed by atoms with E-state index in [1.54, 1.807) is 31.2 Å². The number of carbonyl (C=O) groups is 1. The van der Waals surface area contributed by atoms with Gasteiger partial charge >= 0.3 is 12.1 Å². The summed E-state index contributed by atoms with van der Waals surface area (Å²) in [5, 5.41) is 4.29. The highest BCUT2D eigenvalue weighted by molar-refractivity contribution is 5.73. The summed E-state index contributed by atoms with van der Waals surface area (Å²) in [6.45, 7) is 4.57. The van der Waals surface area contributed by atoms with Crippen LogP contribution in [0.2, 0.25) is 0 Å². The third-order valence-corrected chi connectivity index (χ3v) is 6.07. The van der Waals surface area contributed by atoms with E-state index in [0.29, 0.717) is 30.3 Å². The van der Waals surface area contributed by atoms with Crippen LogP contribution in [0.4, 0.5) is 13.2 Å². The Morgan fingerprint density at radius 2 is 1.73 bits per heavy atom. The van der Waals surface area contributed by atoms with Gasteiger partial charge in [0.1, 0.15) is 0 Å². The molecule has 4 rings (SSSR count). The lowest BCUT2D eigenvalue weighted by Gasteiger charge is -2.32. The van der Waals surface area contributed by atoms with Gasteiger partial charge in [-0.3, -0.25) is 4.79 Å². The number of ether oxygens (including phenoxy) is 1. The van der Waals surface area contributed by atoms with Crippen LogP contribution in [0.5, 0.6) is 0 Å². The van der Waals surface area contributed by atoms with Gasteiger partial charge < -0.3 is 9.64 Å². The second kappa shape index (κ2) is 8.06. The molecule has 1 aliphatic carbocycles. The largest absolute Gasteiger partial charge is 0.447 e. The first-order valence-electron chi connectivity index (χ1n) is 10.4. The second-order valence-corrected chi connectivity index (χ2v) is 8.23. The van der Waals surface area contributed by atoms with E-state index in [1.165, 1.54) is 24.4 Å². The maximum atomic E-state index is 14.0. The molecule has 30 heavy (non-hydrogen) atoms. The Morgan fingerprint density at radius 1 is 1.10 bits per heavy atom. The van der Waals surface area contributed by atoms with E-state index in [0.717, 1.165) is 13.1 Å². The van der Waals surface area contributed by atoms with Gasteiger partial charge in [-0.15, -0.1) is 0 Å². The first-order chi connectivity index (χ1) is 14.3. The Hall–Kier alpha value is -2.35. The van der Waals surface area contributed by atoms with Gasteiger partial charge in [0.2, 0.25) is 6.10 Å². The molecule has 162 valence electrons. The molecular weight excluding hydrogens is 395 g/mol. The van der Waals surface area contributed by atoms with E-state index in [2.05, 4.69) is 10.00 Å². The average Bonchev–Trinajstić information content (AvgIpc) is 3.52. The number of nitrogens with zero attached hydrogens (tertiary/aromatic N) is 3. The lowest BCUT2D eigenvalue weighted by molar-refractivity contribution is -0.227. The fourth-order valence-electron chi connectivity index (χ4n) is 4.30. The summed E-state index contributed by atoms with van der Waals surface area (Å²) in [7, 11) is 0. The van der Waals surface area contributed by atoms with Gasteiger partial charge in [0.15, 0.2) is 0 Å². The third kappa shape index (κ3) is 4.24. The molecule has 1 saturated carbocycles. The Kier molecular flexibility index (Phi) is 5.61. The van der Waals surface area contributed by atoms with Gasteiger partial charge in [-0.25, -0.2) is 4.68 Å². The Balaban J connectivity index is 1.55. The molecule has 0 amide bonds. The zero-order valence-electron chi connectivity index (χ0n) is 17.2. The highest BCUT2D eigenvalue weighted by Gasteiger charge is 2.48. The monoisotopic (exact) mass is 421 g/mol. The van der Waals surface area contributed by atoms with Crippen LogP contribution in [0.1, 0.15) is 48.7 Å². The molecule has 1 atom stereocenters. The van der Waals surface area contributed by atoms with Crippen molar-refractivity contribution in [2.45, 2.75) is 57.9 Å². The SMILES string of the molecule is Cc1nn(-c2ccccc2)c(C)c1C(OC(=O)C1CCN(C2CC2)CC1)C(F)(F)F. The maximum absolute atomic E-state index is 14.0. The number of rotatable bonds is 5. The zero-order chi connectivity index (χ0) is 21.5. The minimum absolute atomic E-state index is 0.0879. The van der Waals surface area contributed by atoms with Crippen molar-refractivity contribution in [2.24, 2.45) is 5.92 Å². The number of aryl methyl sites for hydroxylation is 1. The average molecular weight is 421 g/mol. The molecule has 2 aliphatic rings. The molecule has 1 aromatic heterocycles. The number of para-hydroxylation sites is 1. The summed E-state index contributed by atoms with van der Waals surface area (Å²) in [5.74, 6) is -1.26. The highest BCUT2D eigenvalue weighted by Crippen LogP contribution is 2.40. The van der Waals surface area contributed by atoms with Crippen LogP contribution in [0.15, 0.2) is 30.3 Å². The maximum Gasteiger partial charge on any atom is 0.429 e. The van der Waals surface area contributed by atoms with E-state index in [4.69, 9.17) is 4.74 Å². The molecule has 2 heterocycles. The van der Waals surface area contributed by atoms with Gasteiger partial charge in [-0.1, -0.05) is 18.2 Å². The summed E-state index contributed by atoms with van der Waals surface area (Å²) in [6, 6.07) is 9.54. The number of benzene rings is 1. The number of carbonyl (C=O) groups excluding carboxylic acids is 1. The smallest absolute Gasteiger partial charge is 0.429 e. The fraction of sp³-hybridized carbons (Fsp3) is 0.545. The molecule has 0 radical (unpaired) electrons. The van der Waals surface area contributed by atoms with Crippen LogP contribution in [-0.4, -0.2) is 46.0 Å². The van der Waals surface area contributed by atoms with Crippen LogP contribution >= 0.6 is 0 Å². The molecule has 8 heteroatoms. The van der Waals surface area contributed by atoms with Crippen molar-refractivity contribution in [3.8, 4) is 5.69 Å². The number of esters is 1. The standard InChI is InChI=1S/C22H26F3N3O2/c1-14-19(15(2)28(26-14)18-6-4-3-5-7-18)20(22(23,24)25)30-21(29)16-10-12-27(13-11-16)17-8-9-17/h3-7,16-17,20H,8-13H2,1-2H3. The van der Waals surface area contributed by atoms with E-state index in [1.807, 2.05) is 6.07 Å². The predicted octanol–water partition coefficient (Wildman–Crippen LogP) is 4.51. The quantitative estimate of drug-likeness (QED) is 0.667. The number of aromatic nitrogens is 2. The molecule has 5 nitrogen and oxygen atoms in total. The van der Waals surface area contributed by atoms with E-state index in [9.17, 15) is 18.0 Å². The summed E-state index contributed by atoms with van der Waals surface area (Å²) in [6.07, 6.45) is -3.60. The third-order valence-electron chi connectivity index (χ3n) is 6.07. The fourth-order valence-corrected chi connectivity index (χ4v) is 4.30. The van der Waals surface area contributed by atoms with Gasteiger partial charge in [0.05, 0.1) is 17.3 Å². The molecule has 1 aromatic carbocycles. The van der Waals surface area contributed by atoms with Crippen LogP contribution in [0, 0.1) is 19.8 Å². The minimum Gasteiger partial charge on any atom is -0.447 e. The number of piperidine rings is 1. The van der Waals surface area contributed by atoms with Gasteiger partial charge in [-0.2, -0.15) is 18.3 Å². The van der Waals surface area contributed by atoms with Crippen molar-refractivity contribution in [1.82, 2.24) is 14.7 Å². The lowest BCUT2D eigenvalue weighted by atomic mass is 9.96. The first-order valence-corrected chi connectivity index (χ1v) is 10.4. The van der Waals surface area contributed by atoms with E-state index in [-0.39, 0.29) is 11.3 Å². The normalized spacial score (nSPS) is 19.6. The number of halogens is 3. The van der Waals surface area contributed by atoms with Crippen LogP contribution in [0.3, 0.4) is 0 Å². The van der Waals surface area contributed by atoms with E-state index >= 15 is 0 Å². The molecule has 0 bridgehead atoms. The van der Waals surface area contributed by atoms with Gasteiger partial charge in [0.25, 0.3) is 0 Å². The molecule has 2 fully saturated rings. The Morgan fingerprint density at radius 3 is 2.30 bits per heavy atom. The summed E-state index contributed by atoms with van der Waals surface area (Å²) in [4.78, 5) is 15.0. The highest BCUT2D eigenvalue weighted by atomic mass is 19.4. The van der Waals surface area contributed by atoms with Crippen molar-refractivity contribution in [3.05, 3.63) is 47.3 Å². The topological polar surface area (TPSA) is 47.4 Å². The molecule has 1 unspecified atom stereocenters. The van der Waals surface area contributed by atoms with E-state index < -0.39 is 24.2 Å². The summed E-state index contributed by atoms with van der Waals surface area (Å²) in [5.41, 5.74) is 1.09. The molecule has 0 N–H and O–H groups in total. The van der Waals surface area contributed by atoms with Gasteiger partial charge in [-0.05, 0) is 64.8 Å². The second-order valence-electron chi connectivity index (χ2n) is 8.23.